The fourth-order valence-electron chi connectivity index (χ4n) is 3.32. The average Bonchev–Trinajstić information content (AvgIpc) is 2.92. The van der Waals surface area contributed by atoms with Gasteiger partial charge in [-0.1, -0.05) is 20.8 Å². The van der Waals surface area contributed by atoms with Crippen LogP contribution in [0.2, 0.25) is 0 Å². The van der Waals surface area contributed by atoms with Crippen LogP contribution in [0.15, 0.2) is 10.4 Å². The molecule has 2 rings (SSSR count). The van der Waals surface area contributed by atoms with E-state index in [1.807, 2.05) is 0 Å². The normalized spacial score (nSPS) is 24.9. The van der Waals surface area contributed by atoms with E-state index >= 15 is 0 Å². The number of aromatic nitrogens is 1. The van der Waals surface area contributed by atoms with E-state index in [9.17, 15) is 0 Å². The van der Waals surface area contributed by atoms with Crippen LogP contribution in [0.4, 0.5) is 0 Å². The highest BCUT2D eigenvalue weighted by molar-refractivity contribution is 14.0. The fraction of sp³-hybridized carbons (Fsp3) is 0.765. The number of aryl methyl sites for hydroxylation is 1. The minimum Gasteiger partial charge on any atom is -0.357 e. The highest BCUT2D eigenvalue weighted by atomic mass is 127. The Morgan fingerprint density at radius 2 is 1.96 bits per heavy atom. The second-order valence-corrected chi connectivity index (χ2v) is 7.48. The quantitative estimate of drug-likeness (QED) is 0.402. The molecule has 2 atom stereocenters. The molecule has 0 spiro atoms. The van der Waals surface area contributed by atoms with E-state index < -0.39 is 0 Å². The zero-order valence-corrected chi connectivity index (χ0v) is 17.9. The lowest BCUT2D eigenvalue weighted by Gasteiger charge is -2.32. The van der Waals surface area contributed by atoms with E-state index in [2.05, 4.69) is 48.7 Å². The number of guanidine groups is 1. The highest BCUT2D eigenvalue weighted by Crippen LogP contribution is 2.28. The lowest BCUT2D eigenvalue weighted by molar-refractivity contribution is 0.255. The van der Waals surface area contributed by atoms with Crippen LogP contribution in [0.3, 0.4) is 0 Å². The molecule has 1 fully saturated rings. The SMILES string of the molecule is CCNC(=NCc1csc(CC)n1)NC1CC(C)CC(C)C1.I. The third-order valence-corrected chi connectivity index (χ3v) is 5.21. The van der Waals surface area contributed by atoms with Crippen molar-refractivity contribution in [2.45, 2.75) is 66.0 Å². The first kappa shape index (κ1) is 20.7. The zero-order chi connectivity index (χ0) is 15.9. The smallest absolute Gasteiger partial charge is 0.191 e. The van der Waals surface area contributed by atoms with E-state index in [0.29, 0.717) is 12.6 Å². The maximum Gasteiger partial charge on any atom is 0.191 e. The van der Waals surface area contributed by atoms with Crippen molar-refractivity contribution in [2.24, 2.45) is 16.8 Å². The van der Waals surface area contributed by atoms with Crippen LogP contribution >= 0.6 is 35.3 Å². The predicted octanol–water partition coefficient (Wildman–Crippen LogP) is 4.20. The van der Waals surface area contributed by atoms with E-state index in [1.165, 1.54) is 24.3 Å². The van der Waals surface area contributed by atoms with Gasteiger partial charge in [0.25, 0.3) is 0 Å². The van der Waals surface area contributed by atoms with Crippen molar-refractivity contribution < 1.29 is 0 Å². The third-order valence-electron chi connectivity index (χ3n) is 4.16. The summed E-state index contributed by atoms with van der Waals surface area (Å²) >= 11 is 1.73. The number of hydrogen-bond donors (Lipinski definition) is 2. The van der Waals surface area contributed by atoms with Gasteiger partial charge in [-0.3, -0.25) is 0 Å². The van der Waals surface area contributed by atoms with Gasteiger partial charge >= 0.3 is 0 Å². The van der Waals surface area contributed by atoms with Gasteiger partial charge in [-0.2, -0.15) is 0 Å². The van der Waals surface area contributed by atoms with E-state index in [0.717, 1.165) is 36.5 Å². The Morgan fingerprint density at radius 1 is 1.26 bits per heavy atom. The number of nitrogens with one attached hydrogen (secondary N) is 2. The van der Waals surface area contributed by atoms with Gasteiger partial charge < -0.3 is 10.6 Å². The molecule has 1 aromatic heterocycles. The Labute approximate surface area is 162 Å². The Bertz CT molecular complexity index is 479. The molecule has 2 N–H and O–H groups in total. The molecule has 23 heavy (non-hydrogen) atoms. The summed E-state index contributed by atoms with van der Waals surface area (Å²) in [5.74, 6) is 2.53. The molecule has 0 aromatic carbocycles. The highest BCUT2D eigenvalue weighted by Gasteiger charge is 2.24. The Kier molecular flexibility index (Phi) is 9.43. The molecule has 4 nitrogen and oxygen atoms in total. The third kappa shape index (κ3) is 6.95. The molecule has 0 amide bonds. The summed E-state index contributed by atoms with van der Waals surface area (Å²) in [5.41, 5.74) is 1.07. The summed E-state index contributed by atoms with van der Waals surface area (Å²) in [4.78, 5) is 9.30. The first-order valence-electron chi connectivity index (χ1n) is 8.58. The Morgan fingerprint density at radius 3 is 2.52 bits per heavy atom. The summed E-state index contributed by atoms with van der Waals surface area (Å²) in [5, 5.41) is 10.3. The monoisotopic (exact) mass is 450 g/mol. The van der Waals surface area contributed by atoms with Crippen LogP contribution in [-0.2, 0) is 13.0 Å². The van der Waals surface area contributed by atoms with Crippen molar-refractivity contribution >= 4 is 41.3 Å². The molecule has 0 aliphatic heterocycles. The second kappa shape index (κ2) is 10.5. The number of aliphatic imine (C=N–C) groups is 1. The van der Waals surface area contributed by atoms with Crippen LogP contribution < -0.4 is 10.6 Å². The van der Waals surface area contributed by atoms with E-state index in [1.54, 1.807) is 11.3 Å². The maximum absolute atomic E-state index is 4.71. The molecular formula is C17H31IN4S. The summed E-state index contributed by atoms with van der Waals surface area (Å²) in [6, 6.07) is 0.540. The van der Waals surface area contributed by atoms with Crippen LogP contribution in [0.5, 0.6) is 0 Å². The van der Waals surface area contributed by atoms with Crippen LogP contribution in [-0.4, -0.2) is 23.5 Å². The van der Waals surface area contributed by atoms with Gasteiger partial charge in [0.05, 0.1) is 17.2 Å². The molecule has 0 radical (unpaired) electrons. The van der Waals surface area contributed by atoms with Gasteiger partial charge in [-0.25, -0.2) is 9.98 Å². The molecule has 1 saturated carbocycles. The molecule has 1 aliphatic carbocycles. The molecular weight excluding hydrogens is 419 g/mol. The molecule has 0 saturated heterocycles. The van der Waals surface area contributed by atoms with Gasteiger partial charge in [-0.15, -0.1) is 35.3 Å². The molecule has 0 bridgehead atoms. The van der Waals surface area contributed by atoms with Crippen molar-refractivity contribution in [3.63, 3.8) is 0 Å². The number of thiazole rings is 1. The van der Waals surface area contributed by atoms with Crippen molar-refractivity contribution in [2.75, 3.05) is 6.54 Å². The Balaban J connectivity index is 0.00000264. The zero-order valence-electron chi connectivity index (χ0n) is 14.8. The number of rotatable bonds is 5. The number of hydrogen-bond acceptors (Lipinski definition) is 3. The first-order chi connectivity index (χ1) is 10.6. The molecule has 1 aromatic rings. The molecule has 6 heteroatoms. The lowest BCUT2D eigenvalue weighted by atomic mass is 9.80. The van der Waals surface area contributed by atoms with Gasteiger partial charge in [0.2, 0.25) is 0 Å². The summed E-state index contributed by atoms with van der Waals surface area (Å²) < 4.78 is 0. The topological polar surface area (TPSA) is 49.3 Å². The lowest BCUT2D eigenvalue weighted by Crippen LogP contribution is -2.46. The number of halogens is 1. The summed E-state index contributed by atoms with van der Waals surface area (Å²) in [6.07, 6.45) is 4.84. The standard InChI is InChI=1S/C17H30N4S.HI/c1-5-16-20-15(11-22-16)10-19-17(18-6-2)21-14-8-12(3)7-13(4)9-14;/h11-14H,5-10H2,1-4H3,(H2,18,19,21);1H. The fourth-order valence-corrected chi connectivity index (χ4v) is 4.06. The summed E-state index contributed by atoms with van der Waals surface area (Å²) in [6.45, 7) is 10.5. The molecule has 132 valence electrons. The Hall–Kier alpha value is -0.370. The molecule has 1 aliphatic rings. The van der Waals surface area contributed by atoms with Crippen LogP contribution in [0.1, 0.15) is 57.7 Å². The van der Waals surface area contributed by atoms with Gasteiger partial charge in [-0.05, 0) is 44.4 Å². The van der Waals surface area contributed by atoms with Crippen molar-refractivity contribution in [3.8, 4) is 0 Å². The molecule has 2 unspecified atom stereocenters. The van der Waals surface area contributed by atoms with E-state index in [-0.39, 0.29) is 24.0 Å². The van der Waals surface area contributed by atoms with Crippen molar-refractivity contribution in [1.82, 2.24) is 15.6 Å². The first-order valence-corrected chi connectivity index (χ1v) is 9.46. The van der Waals surface area contributed by atoms with Gasteiger partial charge in [0, 0.05) is 18.0 Å². The van der Waals surface area contributed by atoms with Gasteiger partial charge in [0.15, 0.2) is 5.96 Å². The van der Waals surface area contributed by atoms with E-state index in [4.69, 9.17) is 4.99 Å². The summed E-state index contributed by atoms with van der Waals surface area (Å²) in [7, 11) is 0. The van der Waals surface area contributed by atoms with Crippen LogP contribution in [0, 0.1) is 11.8 Å². The second-order valence-electron chi connectivity index (χ2n) is 6.54. The minimum atomic E-state index is 0. The minimum absolute atomic E-state index is 0. The predicted molar refractivity (Wildman–Crippen MR) is 111 cm³/mol. The van der Waals surface area contributed by atoms with Crippen molar-refractivity contribution in [3.05, 3.63) is 16.1 Å². The largest absolute Gasteiger partial charge is 0.357 e. The van der Waals surface area contributed by atoms with Crippen LogP contribution in [0.25, 0.3) is 0 Å². The van der Waals surface area contributed by atoms with Gasteiger partial charge in [0.1, 0.15) is 0 Å². The maximum atomic E-state index is 4.71. The average molecular weight is 450 g/mol. The number of nitrogens with zero attached hydrogens (tertiary/aromatic N) is 2. The van der Waals surface area contributed by atoms with Crippen molar-refractivity contribution in [1.29, 1.82) is 0 Å². The molecule has 1 heterocycles.